The lowest BCUT2D eigenvalue weighted by Gasteiger charge is -2.10. The highest BCUT2D eigenvalue weighted by atomic mass is 32.1. The lowest BCUT2D eigenvalue weighted by molar-refractivity contribution is 0.0607. The van der Waals surface area contributed by atoms with Gasteiger partial charge in [-0.1, -0.05) is 4.49 Å². The number of thiocarbonyl (C=S) groups is 1. The van der Waals surface area contributed by atoms with Gasteiger partial charge in [-0.2, -0.15) is 0 Å². The molecular formula is C10H9N5O3S3. The summed E-state index contributed by atoms with van der Waals surface area (Å²) < 4.78 is 8.22. The van der Waals surface area contributed by atoms with Crippen LogP contribution in [0.25, 0.3) is 0 Å². The molecule has 0 bridgehead atoms. The molecule has 110 valence electrons. The van der Waals surface area contributed by atoms with Crippen LogP contribution in [0.15, 0.2) is 16.8 Å². The van der Waals surface area contributed by atoms with Crippen molar-refractivity contribution in [1.29, 1.82) is 0 Å². The molecule has 3 N–H and O–H groups in total. The van der Waals surface area contributed by atoms with Gasteiger partial charge in [0.25, 0.3) is 5.91 Å². The minimum atomic E-state index is -0.466. The maximum Gasteiger partial charge on any atom is 0.350 e. The SMILES string of the molecule is COC(=O)c1sccc1NC(=S)NNC(=O)c1csnn1. The number of aromatic nitrogens is 2. The van der Waals surface area contributed by atoms with E-state index in [9.17, 15) is 9.59 Å². The first-order chi connectivity index (χ1) is 10.1. The van der Waals surface area contributed by atoms with Crippen LogP contribution >= 0.6 is 35.1 Å². The number of ether oxygens (including phenoxy) is 1. The van der Waals surface area contributed by atoms with Crippen LogP contribution in [0.2, 0.25) is 0 Å². The van der Waals surface area contributed by atoms with Crippen molar-refractivity contribution in [3.8, 4) is 0 Å². The van der Waals surface area contributed by atoms with E-state index in [1.165, 1.54) is 23.8 Å². The number of methoxy groups -OCH3 is 1. The highest BCUT2D eigenvalue weighted by Crippen LogP contribution is 2.22. The van der Waals surface area contributed by atoms with E-state index in [1.54, 1.807) is 11.4 Å². The first-order valence-corrected chi connectivity index (χ1v) is 7.54. The Morgan fingerprint density at radius 2 is 2.19 bits per heavy atom. The van der Waals surface area contributed by atoms with Crippen molar-refractivity contribution >= 4 is 57.8 Å². The molecule has 0 saturated heterocycles. The number of nitrogens with one attached hydrogen (secondary N) is 3. The summed E-state index contributed by atoms with van der Waals surface area (Å²) in [6, 6.07) is 1.68. The van der Waals surface area contributed by atoms with E-state index in [0.717, 1.165) is 11.5 Å². The maximum atomic E-state index is 11.6. The Morgan fingerprint density at radius 1 is 1.38 bits per heavy atom. The third-order valence-electron chi connectivity index (χ3n) is 2.17. The number of amides is 1. The van der Waals surface area contributed by atoms with Gasteiger partial charge in [0.1, 0.15) is 4.88 Å². The molecule has 0 radical (unpaired) electrons. The largest absolute Gasteiger partial charge is 0.465 e. The molecule has 21 heavy (non-hydrogen) atoms. The second kappa shape index (κ2) is 7.06. The number of nitrogens with zero attached hydrogens (tertiary/aromatic N) is 2. The highest BCUT2D eigenvalue weighted by molar-refractivity contribution is 7.80. The molecule has 0 fully saturated rings. The van der Waals surface area contributed by atoms with Gasteiger partial charge in [-0.05, 0) is 35.2 Å². The number of carbonyl (C=O) groups excluding carboxylic acids is 2. The number of hydrazine groups is 1. The molecule has 0 aromatic carbocycles. The molecule has 0 unspecified atom stereocenters. The minimum Gasteiger partial charge on any atom is -0.465 e. The molecule has 0 spiro atoms. The lowest BCUT2D eigenvalue weighted by atomic mass is 10.4. The molecule has 2 heterocycles. The quantitative estimate of drug-likeness (QED) is 0.431. The van der Waals surface area contributed by atoms with Crippen molar-refractivity contribution in [1.82, 2.24) is 20.4 Å². The molecular weight excluding hydrogens is 334 g/mol. The fourth-order valence-corrected chi connectivity index (χ4v) is 2.62. The van der Waals surface area contributed by atoms with Gasteiger partial charge in [-0.25, -0.2) is 4.79 Å². The fourth-order valence-electron chi connectivity index (χ4n) is 1.25. The Morgan fingerprint density at radius 3 is 2.86 bits per heavy atom. The highest BCUT2D eigenvalue weighted by Gasteiger charge is 2.15. The smallest absolute Gasteiger partial charge is 0.350 e. The second-order valence-electron chi connectivity index (χ2n) is 3.48. The maximum absolute atomic E-state index is 11.6. The number of rotatable bonds is 3. The van der Waals surface area contributed by atoms with Gasteiger partial charge in [0, 0.05) is 5.38 Å². The van der Waals surface area contributed by atoms with Crippen molar-refractivity contribution in [2.24, 2.45) is 0 Å². The van der Waals surface area contributed by atoms with E-state index < -0.39 is 11.9 Å². The normalized spacial score (nSPS) is 9.76. The van der Waals surface area contributed by atoms with Crippen molar-refractivity contribution in [2.75, 3.05) is 12.4 Å². The zero-order valence-corrected chi connectivity index (χ0v) is 13.0. The van der Waals surface area contributed by atoms with Gasteiger partial charge in [0.15, 0.2) is 10.8 Å². The van der Waals surface area contributed by atoms with Crippen LogP contribution in [0.3, 0.4) is 0 Å². The molecule has 2 rings (SSSR count). The summed E-state index contributed by atoms with van der Waals surface area (Å²) in [5, 5.41) is 9.74. The summed E-state index contributed by atoms with van der Waals surface area (Å²) in [5.74, 6) is -0.931. The average molecular weight is 343 g/mol. The summed E-state index contributed by atoms with van der Waals surface area (Å²) in [6.45, 7) is 0. The van der Waals surface area contributed by atoms with Crippen LogP contribution in [0.1, 0.15) is 20.2 Å². The van der Waals surface area contributed by atoms with Gasteiger partial charge in [0.2, 0.25) is 0 Å². The first-order valence-electron chi connectivity index (χ1n) is 5.42. The van der Waals surface area contributed by atoms with Crippen LogP contribution in [-0.2, 0) is 4.74 Å². The topological polar surface area (TPSA) is 105 Å². The summed E-state index contributed by atoms with van der Waals surface area (Å²) in [6.07, 6.45) is 0. The zero-order valence-electron chi connectivity index (χ0n) is 10.6. The van der Waals surface area contributed by atoms with Crippen LogP contribution in [0.4, 0.5) is 5.69 Å². The molecule has 8 nitrogen and oxygen atoms in total. The Bertz CT molecular complexity index is 655. The van der Waals surface area contributed by atoms with Gasteiger partial charge in [-0.15, -0.1) is 16.4 Å². The standard InChI is InChI=1S/C10H9N5O3S3/c1-18-9(17)7-5(2-3-20-7)11-10(19)14-13-8(16)6-4-21-15-12-6/h2-4H,1H3,(H,13,16)(H2,11,14,19). The molecule has 11 heteroatoms. The molecule has 2 aromatic heterocycles. The number of hydrogen-bond acceptors (Lipinski definition) is 8. The number of hydrogen-bond donors (Lipinski definition) is 3. The Labute approximate surface area is 132 Å². The predicted molar refractivity (Wildman–Crippen MR) is 82.4 cm³/mol. The van der Waals surface area contributed by atoms with Crippen LogP contribution < -0.4 is 16.2 Å². The average Bonchev–Trinajstić information content (AvgIpc) is 3.15. The Hall–Kier alpha value is -2.11. The fraction of sp³-hybridized carbons (Fsp3) is 0.100. The van der Waals surface area contributed by atoms with Crippen molar-refractivity contribution < 1.29 is 14.3 Å². The van der Waals surface area contributed by atoms with E-state index in [4.69, 9.17) is 12.2 Å². The van der Waals surface area contributed by atoms with E-state index in [0.29, 0.717) is 10.6 Å². The van der Waals surface area contributed by atoms with Crippen molar-refractivity contribution in [3.05, 3.63) is 27.4 Å². The summed E-state index contributed by atoms with van der Waals surface area (Å²) >= 11 is 7.30. The van der Waals surface area contributed by atoms with Gasteiger partial charge in [-0.3, -0.25) is 15.6 Å². The number of carbonyl (C=O) groups is 2. The van der Waals surface area contributed by atoms with Gasteiger partial charge < -0.3 is 10.1 Å². The molecule has 0 saturated carbocycles. The minimum absolute atomic E-state index is 0.120. The monoisotopic (exact) mass is 343 g/mol. The zero-order chi connectivity index (χ0) is 15.2. The number of anilines is 1. The summed E-state index contributed by atoms with van der Waals surface area (Å²) in [7, 11) is 1.30. The van der Waals surface area contributed by atoms with Crippen molar-refractivity contribution in [3.63, 3.8) is 0 Å². The molecule has 1 amide bonds. The second-order valence-corrected chi connectivity index (χ2v) is 5.41. The van der Waals surface area contributed by atoms with E-state index in [2.05, 4.69) is 30.5 Å². The van der Waals surface area contributed by atoms with Crippen LogP contribution in [0.5, 0.6) is 0 Å². The third-order valence-corrected chi connectivity index (χ3v) is 3.77. The molecule has 0 aliphatic rings. The van der Waals surface area contributed by atoms with Crippen LogP contribution in [0, 0.1) is 0 Å². The van der Waals surface area contributed by atoms with E-state index in [1.807, 2.05) is 0 Å². The number of esters is 1. The van der Waals surface area contributed by atoms with Crippen LogP contribution in [-0.4, -0.2) is 33.7 Å². The molecule has 2 aromatic rings. The first kappa shape index (κ1) is 15.3. The summed E-state index contributed by atoms with van der Waals surface area (Å²) in [4.78, 5) is 23.5. The molecule has 0 aliphatic heterocycles. The van der Waals surface area contributed by atoms with E-state index in [-0.39, 0.29) is 10.8 Å². The summed E-state index contributed by atoms with van der Waals surface area (Å²) in [5.41, 5.74) is 5.54. The Kier molecular flexibility index (Phi) is 5.14. The Balaban J connectivity index is 1.89. The molecule has 0 aliphatic carbocycles. The third kappa shape index (κ3) is 3.93. The number of thiophene rings is 1. The predicted octanol–water partition coefficient (Wildman–Crippen LogP) is 1.02. The van der Waals surface area contributed by atoms with E-state index >= 15 is 0 Å². The van der Waals surface area contributed by atoms with Gasteiger partial charge >= 0.3 is 5.97 Å². The van der Waals surface area contributed by atoms with Crippen molar-refractivity contribution in [2.45, 2.75) is 0 Å². The lowest BCUT2D eigenvalue weighted by Crippen LogP contribution is -2.44. The van der Waals surface area contributed by atoms with Gasteiger partial charge in [0.05, 0.1) is 12.8 Å². The molecule has 0 atom stereocenters.